The predicted octanol–water partition coefficient (Wildman–Crippen LogP) is 18.2. The highest BCUT2D eigenvalue weighted by Crippen LogP contribution is 2.15. The molecule has 458 valence electrons. The number of rotatable bonds is 57. The van der Waals surface area contributed by atoms with Crippen molar-refractivity contribution in [2.45, 2.75) is 245 Å². The van der Waals surface area contributed by atoms with Gasteiger partial charge < -0.3 is 33.3 Å². The van der Waals surface area contributed by atoms with Gasteiger partial charge in [0.05, 0.1) is 40.3 Å². The first-order valence-electron chi connectivity index (χ1n) is 32.0. The number of hydrogen-bond acceptors (Lipinski definition) is 8. The van der Waals surface area contributed by atoms with E-state index in [1.807, 2.05) is 21.1 Å². The van der Waals surface area contributed by atoms with Crippen molar-refractivity contribution < 1.29 is 42.9 Å². The Balaban J connectivity index is 4.27. The molecule has 0 aromatic heterocycles. The van der Waals surface area contributed by atoms with Gasteiger partial charge in [-0.3, -0.25) is 9.59 Å². The van der Waals surface area contributed by atoms with Crippen molar-refractivity contribution >= 4 is 17.9 Å². The SMILES string of the molecule is CC/C=C\C/C=C\C/C=C\C/C=C\C/C=C\C/C=C\C/C=C\C/C=C\CCCCCCCCC(=O)OC(COC(=O)CCCCCCCCCCCCCC/C=C\C/C=C\C/C=C\C/C=C\CC)COC(OCC[N+](C)(C)C)C(=O)[O-]. The molecule has 0 radical (unpaired) electrons. The molecule has 81 heavy (non-hydrogen) atoms. The van der Waals surface area contributed by atoms with Gasteiger partial charge in [-0.25, -0.2) is 0 Å². The van der Waals surface area contributed by atoms with Gasteiger partial charge in [-0.2, -0.15) is 0 Å². The van der Waals surface area contributed by atoms with Crippen molar-refractivity contribution in [2.24, 2.45) is 0 Å². The van der Waals surface area contributed by atoms with Crippen LogP contribution in [0.1, 0.15) is 232 Å². The van der Waals surface area contributed by atoms with E-state index in [2.05, 4.69) is 160 Å². The fourth-order valence-electron chi connectivity index (χ4n) is 8.25. The Morgan fingerprint density at radius 3 is 0.988 bits per heavy atom. The minimum absolute atomic E-state index is 0.136. The van der Waals surface area contributed by atoms with Crippen LogP contribution in [0.5, 0.6) is 0 Å². The summed E-state index contributed by atoms with van der Waals surface area (Å²) in [7, 11) is 5.91. The number of carboxylic acid groups (broad SMARTS) is 1. The summed E-state index contributed by atoms with van der Waals surface area (Å²) in [5, 5.41) is 11.8. The van der Waals surface area contributed by atoms with Crippen LogP contribution in [-0.2, 0) is 33.3 Å². The molecule has 0 bridgehead atoms. The number of likely N-dealkylation sites (N-methyl/N-ethyl adjacent to an activating group) is 1. The van der Waals surface area contributed by atoms with E-state index in [1.54, 1.807) is 0 Å². The maximum atomic E-state index is 12.9. The molecular weight excluding hydrogens is 1010 g/mol. The standard InChI is InChI=1S/C72H117NO8/c1-6-8-10-12-14-16-18-20-22-24-26-28-30-32-33-34-35-36-37-39-41-43-45-47-49-51-53-55-57-59-61-63-70(75)81-68(67-80-72(71(76)77)78-65-64-73(3,4)5)66-79-69(74)62-60-58-56-54-52-50-48-46-44-42-40-38-31-29-27-25-23-21-19-17-15-13-11-9-7-2/h8-11,14-17,20-23,26-29,32-33,35-36,39,41,45,47,68,72H,6-7,12-13,18-19,24-25,30-31,34,37-38,40,42-44,46,48-67H2,1-5H3/b10-8-,11-9-,16-14-,17-15-,22-20-,23-21-,28-26-,29-27-,33-32-,36-35-,41-39-,47-45-. The quantitative estimate of drug-likeness (QED) is 0.0195. The molecule has 0 rings (SSSR count). The molecule has 0 aliphatic heterocycles. The van der Waals surface area contributed by atoms with E-state index in [9.17, 15) is 19.5 Å². The normalized spacial score (nSPS) is 13.7. The second-order valence-corrected chi connectivity index (χ2v) is 21.9. The van der Waals surface area contributed by atoms with Crippen LogP contribution in [0.4, 0.5) is 0 Å². The Kier molecular flexibility index (Phi) is 57.6. The molecule has 0 aliphatic rings. The first-order valence-corrected chi connectivity index (χ1v) is 32.0. The third-order valence-corrected chi connectivity index (χ3v) is 13.1. The summed E-state index contributed by atoms with van der Waals surface area (Å²) in [6.07, 6.45) is 86.1. The maximum Gasteiger partial charge on any atom is 0.306 e. The van der Waals surface area contributed by atoms with Gasteiger partial charge in [0.15, 0.2) is 12.4 Å². The average molecular weight is 1120 g/mol. The Hall–Kier alpha value is -4.83. The van der Waals surface area contributed by atoms with Crippen molar-refractivity contribution in [1.82, 2.24) is 0 Å². The van der Waals surface area contributed by atoms with E-state index in [0.717, 1.165) is 135 Å². The first kappa shape index (κ1) is 76.2. The average Bonchev–Trinajstić information content (AvgIpc) is 3.44. The lowest BCUT2D eigenvalue weighted by atomic mass is 10.0. The Morgan fingerprint density at radius 1 is 0.370 bits per heavy atom. The highest BCUT2D eigenvalue weighted by molar-refractivity contribution is 5.70. The minimum atomic E-state index is -1.64. The number of ether oxygens (including phenoxy) is 4. The second-order valence-electron chi connectivity index (χ2n) is 21.9. The van der Waals surface area contributed by atoms with Crippen molar-refractivity contribution in [3.05, 3.63) is 146 Å². The van der Waals surface area contributed by atoms with Crippen molar-refractivity contribution in [3.63, 3.8) is 0 Å². The van der Waals surface area contributed by atoms with Crippen LogP contribution >= 0.6 is 0 Å². The molecular formula is C72H117NO8. The maximum absolute atomic E-state index is 12.9. The fraction of sp³-hybridized carbons (Fsp3) is 0.625. The van der Waals surface area contributed by atoms with E-state index in [-0.39, 0.29) is 38.6 Å². The van der Waals surface area contributed by atoms with Crippen LogP contribution in [-0.4, -0.2) is 82.3 Å². The highest BCUT2D eigenvalue weighted by Gasteiger charge is 2.22. The summed E-state index contributed by atoms with van der Waals surface area (Å²) >= 11 is 0. The Morgan fingerprint density at radius 2 is 0.667 bits per heavy atom. The number of carbonyl (C=O) groups is 3. The number of hydrogen-bond donors (Lipinski definition) is 0. The van der Waals surface area contributed by atoms with Gasteiger partial charge >= 0.3 is 11.9 Å². The minimum Gasteiger partial charge on any atom is -0.545 e. The fourth-order valence-corrected chi connectivity index (χ4v) is 8.25. The molecule has 0 aliphatic carbocycles. The molecule has 0 saturated carbocycles. The molecule has 0 aromatic rings. The summed E-state index contributed by atoms with van der Waals surface area (Å²) in [4.78, 5) is 37.4. The largest absolute Gasteiger partial charge is 0.545 e. The van der Waals surface area contributed by atoms with Crippen LogP contribution in [0, 0.1) is 0 Å². The molecule has 0 N–H and O–H groups in total. The third kappa shape index (κ3) is 62.6. The van der Waals surface area contributed by atoms with Crippen molar-refractivity contribution in [1.29, 1.82) is 0 Å². The van der Waals surface area contributed by atoms with Gasteiger partial charge in [-0.15, -0.1) is 0 Å². The number of quaternary nitrogens is 1. The first-order chi connectivity index (χ1) is 39.6. The number of allylic oxidation sites excluding steroid dienone is 24. The van der Waals surface area contributed by atoms with E-state index < -0.39 is 24.3 Å². The third-order valence-electron chi connectivity index (χ3n) is 13.1. The zero-order chi connectivity index (χ0) is 59.1. The summed E-state index contributed by atoms with van der Waals surface area (Å²) in [5.41, 5.74) is 0. The molecule has 0 saturated heterocycles. The topological polar surface area (TPSA) is 111 Å². The molecule has 2 unspecified atom stereocenters. The zero-order valence-electron chi connectivity index (χ0n) is 52.1. The smallest absolute Gasteiger partial charge is 0.306 e. The van der Waals surface area contributed by atoms with Crippen LogP contribution in [0.15, 0.2) is 146 Å². The van der Waals surface area contributed by atoms with E-state index in [1.165, 1.54) is 64.2 Å². The van der Waals surface area contributed by atoms with Crippen LogP contribution in [0.2, 0.25) is 0 Å². The van der Waals surface area contributed by atoms with Gasteiger partial charge in [0.25, 0.3) is 0 Å². The molecule has 0 amide bonds. The van der Waals surface area contributed by atoms with Gasteiger partial charge in [0.1, 0.15) is 13.2 Å². The van der Waals surface area contributed by atoms with Crippen molar-refractivity contribution in [3.8, 4) is 0 Å². The summed E-state index contributed by atoms with van der Waals surface area (Å²) in [5.74, 6) is -2.32. The molecule has 9 heteroatoms. The van der Waals surface area contributed by atoms with Crippen LogP contribution in [0.25, 0.3) is 0 Å². The molecule has 2 atom stereocenters. The predicted molar refractivity (Wildman–Crippen MR) is 342 cm³/mol. The molecule has 9 nitrogen and oxygen atoms in total. The molecule has 0 heterocycles. The van der Waals surface area contributed by atoms with Gasteiger partial charge in [0.2, 0.25) is 0 Å². The molecule has 0 fully saturated rings. The second kappa shape index (κ2) is 61.2. The number of carbonyl (C=O) groups excluding carboxylic acids is 3. The summed E-state index contributed by atoms with van der Waals surface area (Å²) in [6.45, 7) is 4.49. The number of unbranched alkanes of at least 4 members (excludes halogenated alkanes) is 18. The lowest BCUT2D eigenvalue weighted by molar-refractivity contribution is -0.870. The molecule has 0 aromatic carbocycles. The Bertz CT molecular complexity index is 1840. The number of carboxylic acids is 1. The monoisotopic (exact) mass is 1120 g/mol. The van der Waals surface area contributed by atoms with Gasteiger partial charge in [-0.05, 0) is 116 Å². The highest BCUT2D eigenvalue weighted by atomic mass is 16.7. The number of esters is 2. The molecule has 0 spiro atoms. The van der Waals surface area contributed by atoms with Crippen LogP contribution in [0.3, 0.4) is 0 Å². The summed E-state index contributed by atoms with van der Waals surface area (Å²) < 4.78 is 22.7. The number of aliphatic carboxylic acids is 1. The Labute approximate surface area is 496 Å². The zero-order valence-corrected chi connectivity index (χ0v) is 52.1. The van der Waals surface area contributed by atoms with Gasteiger partial charge in [0, 0.05) is 12.8 Å². The van der Waals surface area contributed by atoms with Gasteiger partial charge in [-0.1, -0.05) is 250 Å². The van der Waals surface area contributed by atoms with Crippen LogP contribution < -0.4 is 5.11 Å². The summed E-state index contributed by atoms with van der Waals surface area (Å²) in [6, 6.07) is 0. The van der Waals surface area contributed by atoms with Crippen molar-refractivity contribution in [2.75, 3.05) is 47.5 Å². The van der Waals surface area contributed by atoms with E-state index in [0.29, 0.717) is 17.4 Å². The lowest BCUT2D eigenvalue weighted by Gasteiger charge is -2.26. The van der Waals surface area contributed by atoms with E-state index in [4.69, 9.17) is 18.9 Å². The lowest BCUT2D eigenvalue weighted by Crippen LogP contribution is -2.44. The number of nitrogens with zero attached hydrogens (tertiary/aromatic N) is 1. The van der Waals surface area contributed by atoms with E-state index >= 15 is 0 Å².